The number of halogens is 1. The molecule has 3 nitrogen and oxygen atoms in total. The Bertz CT molecular complexity index is 657. The van der Waals surface area contributed by atoms with Gasteiger partial charge in [0.2, 0.25) is 0 Å². The Balaban J connectivity index is 1.63. The van der Waals surface area contributed by atoms with Crippen LogP contribution in [0.15, 0.2) is 70.0 Å². The molecule has 22 heavy (non-hydrogen) atoms. The lowest BCUT2D eigenvalue weighted by Crippen LogP contribution is -2.33. The molecule has 1 amide bonds. The summed E-state index contributed by atoms with van der Waals surface area (Å²) in [5.74, 6) is -0.0801. The Morgan fingerprint density at radius 1 is 1.18 bits per heavy atom. The van der Waals surface area contributed by atoms with Gasteiger partial charge in [-0.1, -0.05) is 35.9 Å². The minimum absolute atomic E-state index is 0.0801. The van der Waals surface area contributed by atoms with E-state index in [-0.39, 0.29) is 5.91 Å². The molecule has 0 bridgehead atoms. The third kappa shape index (κ3) is 3.87. The van der Waals surface area contributed by atoms with Gasteiger partial charge in [-0.2, -0.15) is 0 Å². The highest BCUT2D eigenvalue weighted by Crippen LogP contribution is 2.21. The molecule has 0 saturated carbocycles. The van der Waals surface area contributed by atoms with Crippen molar-refractivity contribution in [3.8, 4) is 0 Å². The number of rotatable bonds is 3. The lowest BCUT2D eigenvalue weighted by atomic mass is 9.98. The largest absolute Gasteiger partial charge is 0.326 e. The van der Waals surface area contributed by atoms with Gasteiger partial charge in [0, 0.05) is 35.8 Å². The van der Waals surface area contributed by atoms with Crippen LogP contribution in [0.2, 0.25) is 0 Å². The highest BCUT2D eigenvalue weighted by atomic mass is 35.5. The van der Waals surface area contributed by atoms with Crippen molar-refractivity contribution in [1.29, 1.82) is 0 Å². The SMILES string of the molecule is O=C(NC1=CC=C(C=C2CNC2)CC1)C1=CC=C(Cl)CC=C1. The van der Waals surface area contributed by atoms with Crippen LogP contribution in [0.3, 0.4) is 0 Å². The number of nitrogens with one attached hydrogen (secondary N) is 2. The van der Waals surface area contributed by atoms with Crippen LogP contribution in [0.5, 0.6) is 0 Å². The smallest absolute Gasteiger partial charge is 0.255 e. The number of hydrogen-bond donors (Lipinski definition) is 2. The molecule has 2 N–H and O–H groups in total. The quantitative estimate of drug-likeness (QED) is 0.839. The van der Waals surface area contributed by atoms with Crippen LogP contribution in [0.4, 0.5) is 0 Å². The predicted octanol–water partition coefficient (Wildman–Crippen LogP) is 3.25. The molecule has 4 heteroatoms. The van der Waals surface area contributed by atoms with Gasteiger partial charge in [0.1, 0.15) is 0 Å². The summed E-state index contributed by atoms with van der Waals surface area (Å²) in [6.45, 7) is 2.00. The number of allylic oxidation sites excluding steroid dienone is 9. The van der Waals surface area contributed by atoms with Gasteiger partial charge in [0.15, 0.2) is 0 Å². The van der Waals surface area contributed by atoms with Crippen LogP contribution >= 0.6 is 11.6 Å². The summed E-state index contributed by atoms with van der Waals surface area (Å²) in [6.07, 6.45) is 16.1. The monoisotopic (exact) mass is 314 g/mol. The van der Waals surface area contributed by atoms with Crippen molar-refractivity contribution in [3.63, 3.8) is 0 Å². The van der Waals surface area contributed by atoms with E-state index in [2.05, 4.69) is 22.8 Å². The summed E-state index contributed by atoms with van der Waals surface area (Å²) in [5, 5.41) is 6.96. The highest BCUT2D eigenvalue weighted by molar-refractivity contribution is 6.29. The summed E-state index contributed by atoms with van der Waals surface area (Å²) < 4.78 is 0. The maximum absolute atomic E-state index is 12.3. The Hall–Kier alpha value is -1.84. The van der Waals surface area contributed by atoms with Crippen molar-refractivity contribution in [3.05, 3.63) is 70.0 Å². The maximum atomic E-state index is 12.3. The predicted molar refractivity (Wildman–Crippen MR) is 90.3 cm³/mol. The Morgan fingerprint density at radius 3 is 2.73 bits per heavy atom. The molecule has 1 heterocycles. The van der Waals surface area contributed by atoms with E-state index in [1.54, 1.807) is 12.2 Å². The molecule has 0 unspecified atom stereocenters. The zero-order valence-electron chi connectivity index (χ0n) is 12.4. The molecule has 0 radical (unpaired) electrons. The van der Waals surface area contributed by atoms with Crippen molar-refractivity contribution in [2.75, 3.05) is 13.1 Å². The average Bonchev–Trinajstić information content (AvgIpc) is 2.69. The molecule has 1 saturated heterocycles. The lowest BCUT2D eigenvalue weighted by molar-refractivity contribution is -0.116. The highest BCUT2D eigenvalue weighted by Gasteiger charge is 2.13. The number of amides is 1. The topological polar surface area (TPSA) is 41.1 Å². The molecule has 1 aliphatic heterocycles. The molecule has 1 fully saturated rings. The number of hydrogen-bond acceptors (Lipinski definition) is 2. The first-order valence-electron chi connectivity index (χ1n) is 7.55. The second-order valence-corrected chi connectivity index (χ2v) is 6.12. The van der Waals surface area contributed by atoms with Gasteiger partial charge in [-0.05, 0) is 42.2 Å². The van der Waals surface area contributed by atoms with Crippen molar-refractivity contribution in [2.24, 2.45) is 0 Å². The third-order valence-corrected chi connectivity index (χ3v) is 4.15. The molecule has 0 aromatic heterocycles. The van der Waals surface area contributed by atoms with Gasteiger partial charge in [-0.25, -0.2) is 0 Å². The number of carbonyl (C=O) groups is 1. The minimum atomic E-state index is -0.0801. The fraction of sp³-hybridized carbons (Fsp3) is 0.278. The molecule has 3 aliphatic rings. The molecule has 0 aromatic carbocycles. The van der Waals surface area contributed by atoms with E-state index in [1.165, 1.54) is 11.1 Å². The lowest BCUT2D eigenvalue weighted by Gasteiger charge is -2.20. The summed E-state index contributed by atoms with van der Waals surface area (Å²) in [4.78, 5) is 12.3. The van der Waals surface area contributed by atoms with Crippen molar-refractivity contribution >= 4 is 17.5 Å². The average molecular weight is 315 g/mol. The molecule has 0 spiro atoms. The normalized spacial score (nSPS) is 20.9. The number of carbonyl (C=O) groups excluding carboxylic acids is 1. The van der Waals surface area contributed by atoms with E-state index in [0.717, 1.165) is 36.7 Å². The van der Waals surface area contributed by atoms with Crippen molar-refractivity contribution < 1.29 is 4.79 Å². The van der Waals surface area contributed by atoms with Crippen LogP contribution < -0.4 is 10.6 Å². The van der Waals surface area contributed by atoms with Gasteiger partial charge in [-0.3, -0.25) is 4.79 Å². The van der Waals surface area contributed by atoms with Crippen LogP contribution in [0, 0.1) is 0 Å². The van der Waals surface area contributed by atoms with E-state index < -0.39 is 0 Å². The minimum Gasteiger partial charge on any atom is -0.326 e. The Kier molecular flexibility index (Phi) is 4.76. The molecular formula is C18H19ClN2O. The first-order valence-corrected chi connectivity index (χ1v) is 7.92. The van der Waals surface area contributed by atoms with Crippen molar-refractivity contribution in [1.82, 2.24) is 10.6 Å². The molecule has 0 atom stereocenters. The third-order valence-electron chi connectivity index (χ3n) is 3.87. The fourth-order valence-corrected chi connectivity index (χ4v) is 2.64. The van der Waals surface area contributed by atoms with E-state index in [0.29, 0.717) is 12.0 Å². The standard InChI is InChI=1S/C18H19ClN2O/c19-16-3-1-2-15(6-7-16)18(22)21-17-8-4-13(5-9-17)10-14-11-20-12-14/h1-2,4,6-8,10,20H,3,5,9,11-12H2,(H,21,22). The fourth-order valence-electron chi connectivity index (χ4n) is 2.48. The van der Waals surface area contributed by atoms with E-state index in [9.17, 15) is 4.79 Å². The van der Waals surface area contributed by atoms with E-state index in [1.807, 2.05) is 18.2 Å². The first-order chi connectivity index (χ1) is 10.7. The summed E-state index contributed by atoms with van der Waals surface area (Å²) >= 11 is 5.96. The molecule has 114 valence electrons. The zero-order chi connectivity index (χ0) is 15.4. The zero-order valence-corrected chi connectivity index (χ0v) is 13.1. The molecule has 2 aliphatic carbocycles. The Labute approximate surface area is 135 Å². The molecule has 3 rings (SSSR count). The second-order valence-electron chi connectivity index (χ2n) is 5.64. The molecule has 0 aromatic rings. The van der Waals surface area contributed by atoms with E-state index >= 15 is 0 Å². The van der Waals surface area contributed by atoms with Crippen LogP contribution in [-0.2, 0) is 4.79 Å². The van der Waals surface area contributed by atoms with Crippen molar-refractivity contribution in [2.45, 2.75) is 19.3 Å². The van der Waals surface area contributed by atoms with Gasteiger partial charge >= 0.3 is 0 Å². The van der Waals surface area contributed by atoms with Gasteiger partial charge in [0.25, 0.3) is 5.91 Å². The summed E-state index contributed by atoms with van der Waals surface area (Å²) in [6, 6.07) is 0. The Morgan fingerprint density at radius 2 is 2.05 bits per heavy atom. The van der Waals surface area contributed by atoms with Crippen LogP contribution in [0.25, 0.3) is 0 Å². The van der Waals surface area contributed by atoms with Gasteiger partial charge in [-0.15, -0.1) is 0 Å². The maximum Gasteiger partial charge on any atom is 0.255 e. The summed E-state index contributed by atoms with van der Waals surface area (Å²) in [5.41, 5.74) is 4.38. The van der Waals surface area contributed by atoms with Gasteiger partial charge < -0.3 is 10.6 Å². The van der Waals surface area contributed by atoms with E-state index in [4.69, 9.17) is 11.6 Å². The molecular weight excluding hydrogens is 296 g/mol. The summed E-state index contributed by atoms with van der Waals surface area (Å²) in [7, 11) is 0. The second kappa shape index (κ2) is 6.95. The van der Waals surface area contributed by atoms with Crippen LogP contribution in [-0.4, -0.2) is 19.0 Å². The van der Waals surface area contributed by atoms with Gasteiger partial charge in [0.05, 0.1) is 0 Å². The first kappa shape index (κ1) is 15.1. The van der Waals surface area contributed by atoms with Crippen LogP contribution in [0.1, 0.15) is 19.3 Å².